The highest BCUT2D eigenvalue weighted by Crippen LogP contribution is 2.48. The first kappa shape index (κ1) is 34.3. The standard InChI is InChI=1S/C36H44N2O8/c1-6-20-46-29-19-18-23(21-30(29)45-9-4)31-32(34(40)37-24-14-10-12-16-27(24)43-7-2)26(39)22-36(5,42)33(31)35(41)38-25-15-11-13-17-28(25)44-8-3/h10-19,21,31-33,42H,6-9,20,22H2,1-5H3,(H,37,40)(H,38,41). The molecule has 1 saturated carbocycles. The van der Waals surface area contributed by atoms with Crippen molar-refractivity contribution in [1.82, 2.24) is 0 Å². The molecule has 4 unspecified atom stereocenters. The van der Waals surface area contributed by atoms with Crippen LogP contribution in [0.5, 0.6) is 23.0 Å². The van der Waals surface area contributed by atoms with E-state index >= 15 is 0 Å². The molecule has 3 aromatic rings. The summed E-state index contributed by atoms with van der Waals surface area (Å²) in [5.74, 6) is -3.49. The summed E-state index contributed by atoms with van der Waals surface area (Å²) < 4.78 is 23.2. The van der Waals surface area contributed by atoms with Gasteiger partial charge >= 0.3 is 0 Å². The molecule has 4 atom stereocenters. The summed E-state index contributed by atoms with van der Waals surface area (Å²) in [6, 6.07) is 19.0. The predicted molar refractivity (Wildman–Crippen MR) is 176 cm³/mol. The molecule has 0 aliphatic heterocycles. The molecule has 3 aromatic carbocycles. The summed E-state index contributed by atoms with van der Waals surface area (Å²) in [6.45, 7) is 10.5. The Morgan fingerprint density at radius 1 is 0.761 bits per heavy atom. The van der Waals surface area contributed by atoms with Crippen LogP contribution in [-0.4, -0.2) is 54.7 Å². The highest BCUT2D eigenvalue weighted by atomic mass is 16.5. The van der Waals surface area contributed by atoms with E-state index in [0.717, 1.165) is 6.42 Å². The van der Waals surface area contributed by atoms with Gasteiger partial charge in [0.1, 0.15) is 23.2 Å². The zero-order valence-electron chi connectivity index (χ0n) is 27.1. The molecular weight excluding hydrogens is 588 g/mol. The van der Waals surface area contributed by atoms with Crippen molar-refractivity contribution >= 4 is 29.0 Å². The van der Waals surface area contributed by atoms with E-state index in [1.807, 2.05) is 27.7 Å². The number of hydrogen-bond acceptors (Lipinski definition) is 8. The monoisotopic (exact) mass is 632 g/mol. The second-order valence-electron chi connectivity index (χ2n) is 11.3. The molecule has 0 spiro atoms. The molecule has 246 valence electrons. The maximum Gasteiger partial charge on any atom is 0.235 e. The SMILES string of the molecule is CCCOc1ccc(C2C(C(=O)Nc3ccccc3OCC)C(=O)CC(C)(O)C2C(=O)Nc2ccccc2OCC)cc1OCC. The number of hydrogen-bond donors (Lipinski definition) is 3. The number of nitrogens with one attached hydrogen (secondary N) is 2. The van der Waals surface area contributed by atoms with Crippen LogP contribution >= 0.6 is 0 Å². The van der Waals surface area contributed by atoms with E-state index in [1.54, 1.807) is 66.7 Å². The Morgan fingerprint density at radius 3 is 1.87 bits per heavy atom. The number of aliphatic hydroxyl groups is 1. The molecule has 10 heteroatoms. The van der Waals surface area contributed by atoms with Gasteiger partial charge in [-0.15, -0.1) is 0 Å². The fourth-order valence-electron chi connectivity index (χ4n) is 5.95. The number of ketones is 1. The van der Waals surface area contributed by atoms with Crippen LogP contribution in [0.3, 0.4) is 0 Å². The Morgan fingerprint density at radius 2 is 1.30 bits per heavy atom. The maximum atomic E-state index is 14.3. The molecule has 1 aliphatic rings. The minimum Gasteiger partial charge on any atom is -0.492 e. The number of carbonyl (C=O) groups is 3. The van der Waals surface area contributed by atoms with E-state index < -0.39 is 47.4 Å². The summed E-state index contributed by atoms with van der Waals surface area (Å²) >= 11 is 0. The van der Waals surface area contributed by atoms with Crippen LogP contribution in [0.4, 0.5) is 11.4 Å². The van der Waals surface area contributed by atoms with Crippen molar-refractivity contribution in [2.24, 2.45) is 11.8 Å². The number of anilines is 2. The van der Waals surface area contributed by atoms with Gasteiger partial charge in [-0.05, 0) is 76.1 Å². The summed E-state index contributed by atoms with van der Waals surface area (Å²) in [6.07, 6.45) is 0.375. The molecule has 3 N–H and O–H groups in total. The lowest BCUT2D eigenvalue weighted by Crippen LogP contribution is -2.56. The van der Waals surface area contributed by atoms with Crippen molar-refractivity contribution in [2.45, 2.75) is 59.0 Å². The molecule has 10 nitrogen and oxygen atoms in total. The third-order valence-corrected chi connectivity index (χ3v) is 7.84. The molecule has 46 heavy (non-hydrogen) atoms. The van der Waals surface area contributed by atoms with Gasteiger partial charge in [-0.25, -0.2) is 0 Å². The Balaban J connectivity index is 1.84. The first-order chi connectivity index (χ1) is 22.1. The Labute approximate surface area is 270 Å². The lowest BCUT2D eigenvalue weighted by molar-refractivity contribution is -0.150. The first-order valence-electron chi connectivity index (χ1n) is 15.8. The second-order valence-corrected chi connectivity index (χ2v) is 11.3. The van der Waals surface area contributed by atoms with Crippen LogP contribution in [0.15, 0.2) is 66.7 Å². The first-order valence-corrected chi connectivity index (χ1v) is 15.8. The van der Waals surface area contributed by atoms with Crippen molar-refractivity contribution < 1.29 is 38.4 Å². The molecule has 0 bridgehead atoms. The molecule has 1 fully saturated rings. The maximum absolute atomic E-state index is 14.3. The molecule has 0 heterocycles. The average molecular weight is 633 g/mol. The minimum atomic E-state index is -1.80. The van der Waals surface area contributed by atoms with Crippen molar-refractivity contribution in [3.63, 3.8) is 0 Å². The van der Waals surface area contributed by atoms with Crippen molar-refractivity contribution in [3.8, 4) is 23.0 Å². The normalized spacial score (nSPS) is 20.8. The van der Waals surface area contributed by atoms with Gasteiger partial charge in [-0.1, -0.05) is 37.3 Å². The van der Waals surface area contributed by atoms with Crippen LogP contribution in [0.1, 0.15) is 58.9 Å². The number of para-hydroxylation sites is 4. The van der Waals surface area contributed by atoms with Gasteiger partial charge in [-0.3, -0.25) is 14.4 Å². The van der Waals surface area contributed by atoms with Gasteiger partial charge in [0.15, 0.2) is 11.5 Å². The lowest BCUT2D eigenvalue weighted by Gasteiger charge is -2.44. The molecule has 2 amide bonds. The van der Waals surface area contributed by atoms with E-state index in [9.17, 15) is 19.5 Å². The van der Waals surface area contributed by atoms with Gasteiger partial charge < -0.3 is 34.7 Å². The molecule has 0 aromatic heterocycles. The van der Waals surface area contributed by atoms with E-state index in [-0.39, 0.29) is 0 Å². The van der Waals surface area contributed by atoms with Crippen molar-refractivity contribution in [2.75, 3.05) is 37.1 Å². The van der Waals surface area contributed by atoms with E-state index in [2.05, 4.69) is 10.6 Å². The van der Waals surface area contributed by atoms with Crippen LogP contribution in [0.2, 0.25) is 0 Å². The van der Waals surface area contributed by atoms with Crippen LogP contribution in [0, 0.1) is 11.8 Å². The van der Waals surface area contributed by atoms with Crippen molar-refractivity contribution in [1.29, 1.82) is 0 Å². The third-order valence-electron chi connectivity index (χ3n) is 7.84. The lowest BCUT2D eigenvalue weighted by atomic mass is 9.61. The number of amides is 2. The highest BCUT2D eigenvalue weighted by Gasteiger charge is 2.56. The average Bonchev–Trinajstić information content (AvgIpc) is 3.01. The predicted octanol–water partition coefficient (Wildman–Crippen LogP) is 5.99. The van der Waals surface area contributed by atoms with Gasteiger partial charge in [0.25, 0.3) is 0 Å². The number of benzene rings is 3. The number of Topliss-reactive ketones (excluding diaryl/α,β-unsaturated/α-hetero) is 1. The molecular formula is C36H44N2O8. The summed E-state index contributed by atoms with van der Waals surface area (Å²) in [4.78, 5) is 42.3. The zero-order valence-corrected chi connectivity index (χ0v) is 27.1. The topological polar surface area (TPSA) is 132 Å². The number of carbonyl (C=O) groups excluding carboxylic acids is 3. The van der Waals surface area contributed by atoms with Crippen LogP contribution < -0.4 is 29.6 Å². The van der Waals surface area contributed by atoms with Gasteiger partial charge in [-0.2, -0.15) is 0 Å². The Hall–Kier alpha value is -4.57. The quantitative estimate of drug-likeness (QED) is 0.185. The molecule has 0 radical (unpaired) electrons. The Bertz CT molecular complexity index is 1520. The largest absolute Gasteiger partial charge is 0.492 e. The number of rotatable bonds is 14. The van der Waals surface area contributed by atoms with E-state index in [0.29, 0.717) is 66.4 Å². The van der Waals surface area contributed by atoms with E-state index in [1.165, 1.54) is 6.92 Å². The summed E-state index contributed by atoms with van der Waals surface area (Å²) in [5.41, 5.74) is -0.527. The van der Waals surface area contributed by atoms with E-state index in [4.69, 9.17) is 18.9 Å². The summed E-state index contributed by atoms with van der Waals surface area (Å²) in [5, 5.41) is 17.6. The fourth-order valence-corrected chi connectivity index (χ4v) is 5.95. The van der Waals surface area contributed by atoms with Crippen LogP contribution in [-0.2, 0) is 14.4 Å². The molecule has 4 rings (SSSR count). The van der Waals surface area contributed by atoms with Crippen LogP contribution in [0.25, 0.3) is 0 Å². The fraction of sp³-hybridized carbons (Fsp3) is 0.417. The number of ether oxygens (including phenoxy) is 4. The van der Waals surface area contributed by atoms with Gasteiger partial charge in [0, 0.05) is 12.3 Å². The molecule has 1 aliphatic carbocycles. The van der Waals surface area contributed by atoms with Crippen molar-refractivity contribution in [3.05, 3.63) is 72.3 Å². The summed E-state index contributed by atoms with van der Waals surface area (Å²) in [7, 11) is 0. The second kappa shape index (κ2) is 15.6. The van der Waals surface area contributed by atoms with Gasteiger partial charge in [0.05, 0.1) is 49.3 Å². The third kappa shape index (κ3) is 7.80. The smallest absolute Gasteiger partial charge is 0.235 e. The minimum absolute atomic E-state index is 0.337. The zero-order chi connectivity index (χ0) is 33.3. The highest BCUT2D eigenvalue weighted by molar-refractivity contribution is 6.11. The van der Waals surface area contributed by atoms with Gasteiger partial charge in [0.2, 0.25) is 11.8 Å². The Kier molecular flexibility index (Phi) is 11.7. The molecule has 0 saturated heterocycles.